The lowest BCUT2D eigenvalue weighted by Crippen LogP contribution is -2.22. The van der Waals surface area contributed by atoms with Crippen molar-refractivity contribution in [3.05, 3.63) is 84.1 Å². The number of benzene rings is 2. The first-order valence-corrected chi connectivity index (χ1v) is 8.53. The van der Waals surface area contributed by atoms with E-state index >= 15 is 0 Å². The number of hydrogen-bond acceptors (Lipinski definition) is 4. The molecule has 6 nitrogen and oxygen atoms in total. The van der Waals surface area contributed by atoms with Crippen LogP contribution in [0.4, 0.5) is 17.2 Å². The van der Waals surface area contributed by atoms with Crippen LogP contribution in [-0.4, -0.2) is 16.8 Å². The Bertz CT molecular complexity index is 907. The number of hydrogen-bond donors (Lipinski definition) is 3. The second-order valence-corrected chi connectivity index (χ2v) is 5.98. The maximum Gasteiger partial charge on any atom is 0.253 e. The maximum absolute atomic E-state index is 12.2. The fourth-order valence-corrected chi connectivity index (χ4v) is 2.47. The molecule has 3 N–H and O–H groups in total. The van der Waals surface area contributed by atoms with Crippen LogP contribution in [0.15, 0.2) is 72.9 Å². The van der Waals surface area contributed by atoms with Crippen LogP contribution in [0, 0.1) is 0 Å². The minimum atomic E-state index is -0.169. The van der Waals surface area contributed by atoms with Crippen molar-refractivity contribution in [2.24, 2.45) is 0 Å². The molecule has 0 aliphatic heterocycles. The molecular formula is C21H20N4O2. The van der Waals surface area contributed by atoms with Gasteiger partial charge in [0.15, 0.2) is 0 Å². The summed E-state index contributed by atoms with van der Waals surface area (Å²) in [7, 11) is 0. The Kier molecular flexibility index (Phi) is 5.79. The van der Waals surface area contributed by atoms with Crippen LogP contribution in [0.1, 0.15) is 22.8 Å². The van der Waals surface area contributed by atoms with Crippen molar-refractivity contribution in [3.63, 3.8) is 0 Å². The van der Waals surface area contributed by atoms with E-state index < -0.39 is 0 Å². The summed E-state index contributed by atoms with van der Waals surface area (Å²) in [5.74, 6) is 0.345. The summed E-state index contributed by atoms with van der Waals surface area (Å²) in [4.78, 5) is 27.5. The zero-order valence-electron chi connectivity index (χ0n) is 14.9. The van der Waals surface area contributed by atoms with Gasteiger partial charge in [-0.1, -0.05) is 30.3 Å². The van der Waals surface area contributed by atoms with E-state index in [1.165, 1.54) is 13.1 Å². The molecule has 1 heterocycles. The number of amides is 2. The molecule has 6 heteroatoms. The van der Waals surface area contributed by atoms with Crippen molar-refractivity contribution < 1.29 is 9.59 Å². The van der Waals surface area contributed by atoms with E-state index in [1.54, 1.807) is 24.3 Å². The topological polar surface area (TPSA) is 83.1 Å². The standard InChI is InChI=1S/C21H20N4O2/c1-15(26)24-18-8-10-19(11-9-18)25-20-12-7-17(14-22-20)21(27)23-13-16-5-3-2-4-6-16/h2-12,14H,13H2,1H3,(H,22,25)(H,23,27)(H,24,26). The van der Waals surface area contributed by atoms with Crippen molar-refractivity contribution in [1.29, 1.82) is 0 Å². The zero-order valence-corrected chi connectivity index (χ0v) is 14.9. The summed E-state index contributed by atoms with van der Waals surface area (Å²) >= 11 is 0. The molecule has 0 fully saturated rings. The molecule has 0 bridgehead atoms. The SMILES string of the molecule is CC(=O)Nc1ccc(Nc2ccc(C(=O)NCc3ccccc3)cn2)cc1. The number of carbonyl (C=O) groups excluding carboxylic acids is 2. The van der Waals surface area contributed by atoms with Gasteiger partial charge in [0.1, 0.15) is 5.82 Å². The fourth-order valence-electron chi connectivity index (χ4n) is 2.47. The summed E-state index contributed by atoms with van der Waals surface area (Å²) in [5, 5.41) is 8.74. The molecule has 2 aromatic carbocycles. The van der Waals surface area contributed by atoms with Crippen LogP contribution in [0.25, 0.3) is 0 Å². The Morgan fingerprint density at radius 2 is 1.59 bits per heavy atom. The van der Waals surface area contributed by atoms with Crippen molar-refractivity contribution in [1.82, 2.24) is 10.3 Å². The molecule has 0 unspecified atom stereocenters. The number of anilines is 3. The Balaban J connectivity index is 1.56. The molecule has 0 atom stereocenters. The Morgan fingerprint density at radius 3 is 2.22 bits per heavy atom. The molecule has 136 valence electrons. The summed E-state index contributed by atoms with van der Waals surface area (Å²) in [6.07, 6.45) is 1.54. The van der Waals surface area contributed by atoms with Gasteiger partial charge in [0.05, 0.1) is 5.56 Å². The number of pyridine rings is 1. The Morgan fingerprint density at radius 1 is 0.889 bits per heavy atom. The molecule has 0 aliphatic rings. The van der Waals surface area contributed by atoms with E-state index in [0.717, 1.165) is 16.9 Å². The molecule has 0 spiro atoms. The number of carbonyl (C=O) groups is 2. The molecule has 0 saturated heterocycles. The van der Waals surface area contributed by atoms with Crippen LogP contribution in [0.3, 0.4) is 0 Å². The Labute approximate surface area is 157 Å². The molecule has 0 saturated carbocycles. The van der Waals surface area contributed by atoms with Crippen molar-refractivity contribution in [2.75, 3.05) is 10.6 Å². The predicted octanol–water partition coefficient (Wildman–Crippen LogP) is 3.71. The molecule has 2 amide bonds. The normalized spacial score (nSPS) is 10.1. The molecule has 3 aromatic rings. The van der Waals surface area contributed by atoms with Crippen molar-refractivity contribution >= 4 is 29.0 Å². The van der Waals surface area contributed by atoms with Crippen LogP contribution >= 0.6 is 0 Å². The first-order valence-electron chi connectivity index (χ1n) is 8.53. The van der Waals surface area contributed by atoms with E-state index in [1.807, 2.05) is 42.5 Å². The lowest BCUT2D eigenvalue weighted by atomic mass is 10.2. The molecule has 27 heavy (non-hydrogen) atoms. The maximum atomic E-state index is 12.2. The van der Waals surface area contributed by atoms with Gasteiger partial charge >= 0.3 is 0 Å². The molecule has 0 radical (unpaired) electrons. The van der Waals surface area contributed by atoms with Crippen LogP contribution < -0.4 is 16.0 Å². The average molecular weight is 360 g/mol. The fraction of sp³-hybridized carbons (Fsp3) is 0.0952. The average Bonchev–Trinajstić information content (AvgIpc) is 2.69. The van der Waals surface area contributed by atoms with Gasteiger partial charge < -0.3 is 16.0 Å². The minimum absolute atomic E-state index is 0.112. The second kappa shape index (κ2) is 8.62. The van der Waals surface area contributed by atoms with Gasteiger partial charge in [0, 0.05) is 31.0 Å². The zero-order chi connectivity index (χ0) is 19.1. The quantitative estimate of drug-likeness (QED) is 0.626. The summed E-state index contributed by atoms with van der Waals surface area (Å²) in [6, 6.07) is 20.5. The van der Waals surface area contributed by atoms with E-state index in [0.29, 0.717) is 17.9 Å². The van der Waals surface area contributed by atoms with Gasteiger partial charge in [-0.15, -0.1) is 0 Å². The highest BCUT2D eigenvalue weighted by molar-refractivity contribution is 5.94. The van der Waals surface area contributed by atoms with Crippen molar-refractivity contribution in [3.8, 4) is 0 Å². The first-order chi connectivity index (χ1) is 13.1. The number of nitrogens with zero attached hydrogens (tertiary/aromatic N) is 1. The lowest BCUT2D eigenvalue weighted by molar-refractivity contribution is -0.114. The van der Waals surface area contributed by atoms with Gasteiger partial charge in [-0.05, 0) is 42.0 Å². The van der Waals surface area contributed by atoms with E-state index in [-0.39, 0.29) is 11.8 Å². The highest BCUT2D eigenvalue weighted by Crippen LogP contribution is 2.17. The number of rotatable bonds is 6. The van der Waals surface area contributed by atoms with E-state index in [9.17, 15) is 9.59 Å². The predicted molar refractivity (Wildman–Crippen MR) is 106 cm³/mol. The smallest absolute Gasteiger partial charge is 0.253 e. The second-order valence-electron chi connectivity index (χ2n) is 5.98. The van der Waals surface area contributed by atoms with Crippen LogP contribution in [0.5, 0.6) is 0 Å². The van der Waals surface area contributed by atoms with Crippen LogP contribution in [-0.2, 0) is 11.3 Å². The molecule has 0 aliphatic carbocycles. The van der Waals surface area contributed by atoms with Gasteiger partial charge in [-0.3, -0.25) is 9.59 Å². The summed E-state index contributed by atoms with van der Waals surface area (Å²) < 4.78 is 0. The number of aromatic nitrogens is 1. The Hall–Kier alpha value is -3.67. The van der Waals surface area contributed by atoms with Crippen LogP contribution in [0.2, 0.25) is 0 Å². The van der Waals surface area contributed by atoms with Crippen molar-refractivity contribution in [2.45, 2.75) is 13.5 Å². The van der Waals surface area contributed by atoms with Gasteiger partial charge in [-0.25, -0.2) is 4.98 Å². The first kappa shape index (κ1) is 18.1. The number of nitrogens with one attached hydrogen (secondary N) is 3. The van der Waals surface area contributed by atoms with Gasteiger partial charge in [0.25, 0.3) is 5.91 Å². The molecule has 1 aromatic heterocycles. The molecule has 3 rings (SSSR count). The minimum Gasteiger partial charge on any atom is -0.348 e. The highest BCUT2D eigenvalue weighted by atomic mass is 16.2. The van der Waals surface area contributed by atoms with Gasteiger partial charge in [-0.2, -0.15) is 0 Å². The third-order valence-corrected chi connectivity index (χ3v) is 3.80. The third-order valence-electron chi connectivity index (χ3n) is 3.80. The van der Waals surface area contributed by atoms with E-state index in [2.05, 4.69) is 20.9 Å². The third kappa shape index (κ3) is 5.40. The highest BCUT2D eigenvalue weighted by Gasteiger charge is 2.06. The lowest BCUT2D eigenvalue weighted by Gasteiger charge is -2.08. The monoisotopic (exact) mass is 360 g/mol. The largest absolute Gasteiger partial charge is 0.348 e. The summed E-state index contributed by atoms with van der Waals surface area (Å²) in [5.41, 5.74) is 3.10. The van der Waals surface area contributed by atoms with Gasteiger partial charge in [0.2, 0.25) is 5.91 Å². The molecular weight excluding hydrogens is 340 g/mol. The summed E-state index contributed by atoms with van der Waals surface area (Å²) in [6.45, 7) is 1.94. The van der Waals surface area contributed by atoms with E-state index in [4.69, 9.17) is 0 Å².